The first kappa shape index (κ1) is 59.8. The maximum Gasteiger partial charge on any atom is 0.249 e. The van der Waals surface area contributed by atoms with Crippen LogP contribution in [0.15, 0.2) is 24.3 Å². The first-order valence-corrected chi connectivity index (χ1v) is 27.6. The van der Waals surface area contributed by atoms with Crippen molar-refractivity contribution in [2.24, 2.45) is 0 Å². The van der Waals surface area contributed by atoms with Crippen molar-refractivity contribution in [3.05, 3.63) is 24.3 Å². The summed E-state index contributed by atoms with van der Waals surface area (Å²) in [6.45, 7) is 4.26. The molecule has 4 N–H and O–H groups in total. The highest BCUT2D eigenvalue weighted by Crippen LogP contribution is 2.17. The van der Waals surface area contributed by atoms with E-state index in [1.807, 2.05) is 0 Å². The van der Waals surface area contributed by atoms with Gasteiger partial charge in [-0.3, -0.25) is 4.79 Å². The van der Waals surface area contributed by atoms with Gasteiger partial charge in [-0.15, -0.1) is 0 Å². The van der Waals surface area contributed by atoms with Crippen LogP contribution in [0.4, 0.5) is 0 Å². The summed E-state index contributed by atoms with van der Waals surface area (Å²) in [6.07, 6.45) is 65.0. The van der Waals surface area contributed by atoms with Gasteiger partial charge in [-0.25, -0.2) is 0 Å². The van der Waals surface area contributed by atoms with Crippen LogP contribution in [0, 0.1) is 0 Å². The lowest BCUT2D eigenvalue weighted by Gasteiger charge is -2.23. The summed E-state index contributed by atoms with van der Waals surface area (Å²) in [5.74, 6) is -0.469. The molecule has 5 heteroatoms. The van der Waals surface area contributed by atoms with Crippen LogP contribution in [-0.4, -0.2) is 46.1 Å². The van der Waals surface area contributed by atoms with E-state index in [9.17, 15) is 20.1 Å². The van der Waals surface area contributed by atoms with Crippen LogP contribution in [0.25, 0.3) is 0 Å². The average molecular weight is 860 g/mol. The number of nitrogens with one attached hydrogen (secondary N) is 1. The minimum absolute atomic E-state index is 0.312. The lowest BCUT2D eigenvalue weighted by Crippen LogP contribution is -2.49. The first-order chi connectivity index (χ1) is 30.1. The molecule has 3 atom stereocenters. The van der Waals surface area contributed by atoms with Gasteiger partial charge >= 0.3 is 0 Å². The molecule has 0 aromatic heterocycles. The number of aliphatic hydroxyl groups excluding tert-OH is 3. The predicted octanol–water partition coefficient (Wildman–Crippen LogP) is 16.9. The Kier molecular flexibility index (Phi) is 50.5. The number of hydrogen-bond acceptors (Lipinski definition) is 4. The largest absolute Gasteiger partial charge is 0.394 e. The summed E-state index contributed by atoms with van der Waals surface area (Å²) in [5.41, 5.74) is 0. The van der Waals surface area contributed by atoms with Crippen LogP contribution >= 0.6 is 0 Å². The van der Waals surface area contributed by atoms with Gasteiger partial charge in [-0.1, -0.05) is 282 Å². The van der Waals surface area contributed by atoms with E-state index in [2.05, 4.69) is 43.5 Å². The molecule has 0 radical (unpaired) electrons. The van der Waals surface area contributed by atoms with Crippen molar-refractivity contribution in [2.45, 2.75) is 321 Å². The zero-order valence-electron chi connectivity index (χ0n) is 41.3. The number of carbonyl (C=O) groups is 1. The number of unbranched alkanes of at least 4 members (excludes halogenated alkanes) is 39. The Balaban J connectivity index is 3.55. The fourth-order valence-electron chi connectivity index (χ4n) is 8.75. The van der Waals surface area contributed by atoms with Gasteiger partial charge in [0.15, 0.2) is 0 Å². The highest BCUT2D eigenvalue weighted by atomic mass is 16.3. The molecule has 0 heterocycles. The molecule has 362 valence electrons. The molecule has 5 nitrogen and oxygen atoms in total. The Morgan fingerprint density at radius 1 is 0.393 bits per heavy atom. The third-order valence-electron chi connectivity index (χ3n) is 13.1. The smallest absolute Gasteiger partial charge is 0.249 e. The molecule has 0 saturated heterocycles. The van der Waals surface area contributed by atoms with Crippen LogP contribution in [0.3, 0.4) is 0 Å². The molecule has 0 rings (SSSR count). The molecule has 61 heavy (non-hydrogen) atoms. The molecule has 0 aromatic rings. The van der Waals surface area contributed by atoms with Crippen molar-refractivity contribution in [1.29, 1.82) is 0 Å². The minimum atomic E-state index is -1.08. The summed E-state index contributed by atoms with van der Waals surface area (Å²) in [6, 6.07) is -0.713. The topological polar surface area (TPSA) is 89.8 Å². The van der Waals surface area contributed by atoms with Gasteiger partial charge in [0.2, 0.25) is 5.91 Å². The van der Waals surface area contributed by atoms with Gasteiger partial charge in [0, 0.05) is 0 Å². The standard InChI is InChI=1S/C56H109NO4/c1-3-5-7-9-11-13-15-17-19-21-23-25-26-27-28-29-31-33-35-37-39-41-43-45-47-49-51-55(60)56(61)57-53(52-58)54(59)50-48-46-44-42-40-38-36-34-32-30-24-22-20-18-16-14-12-10-8-6-4-2/h23,25,27-28,53-55,58-60H,3-22,24,26,29-52H2,1-2H3,(H,57,61)/b25-23-,28-27-. The van der Waals surface area contributed by atoms with Crippen LogP contribution in [-0.2, 0) is 4.79 Å². The highest BCUT2D eigenvalue weighted by molar-refractivity contribution is 5.80. The molecule has 0 aliphatic carbocycles. The SMILES string of the molecule is CCCCCCCCCCC/C=C\C/C=C\CCCCCCCCCCCCC(O)C(=O)NC(CO)C(O)CCCCCCCCCCCCCCCCCCCCCCC. The normalized spacial score (nSPS) is 13.5. The Hall–Kier alpha value is -1.17. The first-order valence-electron chi connectivity index (χ1n) is 27.6. The van der Waals surface area contributed by atoms with E-state index in [1.165, 1.54) is 238 Å². The van der Waals surface area contributed by atoms with E-state index in [0.717, 1.165) is 38.5 Å². The van der Waals surface area contributed by atoms with E-state index in [1.54, 1.807) is 0 Å². The van der Waals surface area contributed by atoms with Gasteiger partial charge in [-0.2, -0.15) is 0 Å². The number of aliphatic hydroxyl groups is 3. The monoisotopic (exact) mass is 860 g/mol. The van der Waals surface area contributed by atoms with Crippen LogP contribution in [0.2, 0.25) is 0 Å². The number of allylic oxidation sites excluding steroid dienone is 4. The van der Waals surface area contributed by atoms with Crippen molar-refractivity contribution >= 4 is 5.91 Å². The molecule has 0 aliphatic heterocycles. The van der Waals surface area contributed by atoms with Crippen molar-refractivity contribution in [3.63, 3.8) is 0 Å². The molecule has 0 spiro atoms. The summed E-state index contributed by atoms with van der Waals surface area (Å²) >= 11 is 0. The van der Waals surface area contributed by atoms with E-state index >= 15 is 0 Å². The maximum absolute atomic E-state index is 12.6. The quantitative estimate of drug-likeness (QED) is 0.0362. The lowest BCUT2D eigenvalue weighted by atomic mass is 10.0. The summed E-state index contributed by atoms with van der Waals surface area (Å²) < 4.78 is 0. The summed E-state index contributed by atoms with van der Waals surface area (Å²) in [4.78, 5) is 12.6. The molecule has 0 fully saturated rings. The third-order valence-corrected chi connectivity index (χ3v) is 13.1. The number of carbonyl (C=O) groups excluding carboxylic acids is 1. The van der Waals surface area contributed by atoms with E-state index in [-0.39, 0.29) is 6.61 Å². The Labute approximate surface area is 382 Å². The van der Waals surface area contributed by atoms with Crippen LogP contribution < -0.4 is 5.32 Å². The van der Waals surface area contributed by atoms with E-state index in [0.29, 0.717) is 12.8 Å². The number of rotatable bonds is 51. The molecular weight excluding hydrogens is 751 g/mol. The van der Waals surface area contributed by atoms with Gasteiger partial charge < -0.3 is 20.6 Å². The highest BCUT2D eigenvalue weighted by Gasteiger charge is 2.23. The molecule has 0 aliphatic rings. The zero-order valence-corrected chi connectivity index (χ0v) is 41.3. The van der Waals surface area contributed by atoms with E-state index < -0.39 is 24.2 Å². The lowest BCUT2D eigenvalue weighted by molar-refractivity contribution is -0.131. The van der Waals surface area contributed by atoms with Gasteiger partial charge in [0.05, 0.1) is 18.8 Å². The van der Waals surface area contributed by atoms with Crippen molar-refractivity contribution in [2.75, 3.05) is 6.61 Å². The second-order valence-electron chi connectivity index (χ2n) is 19.1. The van der Waals surface area contributed by atoms with Gasteiger partial charge in [0.25, 0.3) is 0 Å². The van der Waals surface area contributed by atoms with Crippen LogP contribution in [0.5, 0.6) is 0 Å². The number of hydrogen-bond donors (Lipinski definition) is 4. The fraction of sp³-hybridized carbons (Fsp3) is 0.911. The Morgan fingerprint density at radius 2 is 0.672 bits per heavy atom. The summed E-state index contributed by atoms with van der Waals surface area (Å²) in [5, 5.41) is 33.5. The summed E-state index contributed by atoms with van der Waals surface area (Å²) in [7, 11) is 0. The van der Waals surface area contributed by atoms with Crippen molar-refractivity contribution < 1.29 is 20.1 Å². The van der Waals surface area contributed by atoms with Crippen LogP contribution in [0.1, 0.15) is 303 Å². The van der Waals surface area contributed by atoms with Crippen molar-refractivity contribution in [3.8, 4) is 0 Å². The van der Waals surface area contributed by atoms with Crippen molar-refractivity contribution in [1.82, 2.24) is 5.32 Å². The second-order valence-corrected chi connectivity index (χ2v) is 19.1. The van der Waals surface area contributed by atoms with E-state index in [4.69, 9.17) is 0 Å². The fourth-order valence-corrected chi connectivity index (χ4v) is 8.75. The average Bonchev–Trinajstić information content (AvgIpc) is 3.26. The molecule has 1 amide bonds. The Morgan fingerprint density at radius 3 is 0.984 bits per heavy atom. The Bertz CT molecular complexity index is 905. The number of amides is 1. The molecular formula is C56H109NO4. The molecule has 3 unspecified atom stereocenters. The molecule has 0 saturated carbocycles. The molecule has 0 bridgehead atoms. The second kappa shape index (κ2) is 51.5. The van der Waals surface area contributed by atoms with Gasteiger partial charge in [-0.05, 0) is 44.9 Å². The maximum atomic E-state index is 12.6. The molecule has 0 aromatic carbocycles. The van der Waals surface area contributed by atoms with Gasteiger partial charge in [0.1, 0.15) is 6.10 Å². The predicted molar refractivity (Wildman–Crippen MR) is 268 cm³/mol. The third kappa shape index (κ3) is 46.6. The zero-order chi connectivity index (χ0) is 44.4. The minimum Gasteiger partial charge on any atom is -0.394 e.